The molecule has 1 fully saturated rings. The molecule has 2 N–H and O–H groups in total. The van der Waals surface area contributed by atoms with E-state index in [-0.39, 0.29) is 5.91 Å². The molecule has 2 aromatic rings. The number of piperidine rings is 1. The van der Waals surface area contributed by atoms with Gasteiger partial charge in [0.2, 0.25) is 5.91 Å². The van der Waals surface area contributed by atoms with Crippen molar-refractivity contribution < 1.29 is 14.6 Å². The first-order valence-corrected chi connectivity index (χ1v) is 11.1. The summed E-state index contributed by atoms with van der Waals surface area (Å²) in [5, 5.41) is 15.0. The van der Waals surface area contributed by atoms with E-state index in [1.807, 2.05) is 18.2 Å². The molecule has 0 aromatic heterocycles. The van der Waals surface area contributed by atoms with E-state index in [1.54, 1.807) is 18.2 Å². The van der Waals surface area contributed by atoms with Crippen molar-refractivity contribution in [3.8, 4) is 5.75 Å². The monoisotopic (exact) mass is 448 g/mol. The molecule has 5 nitrogen and oxygen atoms in total. The predicted octanol–water partition coefficient (Wildman–Crippen LogP) is 4.63. The summed E-state index contributed by atoms with van der Waals surface area (Å²) in [5.41, 5.74) is 1.69. The Bertz CT molecular complexity index is 906. The first kappa shape index (κ1) is 21.4. The highest BCUT2D eigenvalue weighted by Crippen LogP contribution is 2.40. The lowest BCUT2D eigenvalue weighted by Crippen LogP contribution is -2.43. The van der Waals surface area contributed by atoms with Crippen molar-refractivity contribution in [2.45, 2.75) is 37.7 Å². The molecule has 4 rings (SSSR count). The summed E-state index contributed by atoms with van der Waals surface area (Å²) in [6, 6.07) is 11.2. The van der Waals surface area contributed by atoms with E-state index in [0.717, 1.165) is 49.5 Å². The molecular weight excluding hydrogens is 423 g/mol. The van der Waals surface area contributed by atoms with E-state index in [2.05, 4.69) is 10.2 Å². The Morgan fingerprint density at radius 1 is 1.10 bits per heavy atom. The van der Waals surface area contributed by atoms with Gasteiger partial charge in [0.15, 0.2) is 0 Å². The average molecular weight is 449 g/mol. The highest BCUT2D eigenvalue weighted by Gasteiger charge is 2.37. The zero-order chi connectivity index (χ0) is 21.1. The smallest absolute Gasteiger partial charge is 0.224 e. The number of ether oxygens (including phenoxy) is 1. The number of benzene rings is 2. The molecule has 1 amide bonds. The number of aryl methyl sites for hydroxylation is 1. The number of halogens is 2. The number of amides is 1. The molecule has 160 valence electrons. The first-order chi connectivity index (χ1) is 14.4. The van der Waals surface area contributed by atoms with Crippen LogP contribution in [-0.2, 0) is 16.8 Å². The molecule has 0 atom stereocenters. The molecule has 2 aliphatic rings. The molecule has 2 aromatic carbocycles. The van der Waals surface area contributed by atoms with Gasteiger partial charge in [0.05, 0.1) is 12.2 Å². The topological polar surface area (TPSA) is 61.8 Å². The van der Waals surface area contributed by atoms with Crippen molar-refractivity contribution in [3.05, 3.63) is 57.6 Å². The minimum Gasteiger partial charge on any atom is -0.494 e. The van der Waals surface area contributed by atoms with Gasteiger partial charge in [-0.1, -0.05) is 29.3 Å². The lowest BCUT2D eigenvalue weighted by atomic mass is 9.84. The fraction of sp³-hybridized carbons (Fsp3) is 0.435. The summed E-state index contributed by atoms with van der Waals surface area (Å²) in [6.45, 7) is 3.11. The third kappa shape index (κ3) is 4.75. The van der Waals surface area contributed by atoms with E-state index in [9.17, 15) is 9.90 Å². The summed E-state index contributed by atoms with van der Waals surface area (Å²) in [4.78, 5) is 13.8. The highest BCUT2D eigenvalue weighted by molar-refractivity contribution is 6.36. The second kappa shape index (κ2) is 9.15. The summed E-state index contributed by atoms with van der Waals surface area (Å²) < 4.78 is 5.91. The average Bonchev–Trinajstić information content (AvgIpc) is 2.72. The Morgan fingerprint density at radius 2 is 1.83 bits per heavy atom. The van der Waals surface area contributed by atoms with Crippen molar-refractivity contribution in [3.63, 3.8) is 0 Å². The Balaban J connectivity index is 1.23. The minimum atomic E-state index is -0.971. The zero-order valence-corrected chi connectivity index (χ0v) is 18.3. The molecule has 7 heteroatoms. The number of fused-ring (bicyclic) bond motifs is 1. The fourth-order valence-electron chi connectivity index (χ4n) is 4.27. The van der Waals surface area contributed by atoms with Gasteiger partial charge >= 0.3 is 0 Å². The number of likely N-dealkylation sites (tertiary alicyclic amines) is 1. The lowest BCUT2D eigenvalue weighted by molar-refractivity contribution is -0.116. The van der Waals surface area contributed by atoms with Gasteiger partial charge in [-0.2, -0.15) is 0 Å². The molecule has 1 saturated heterocycles. The highest BCUT2D eigenvalue weighted by atomic mass is 35.5. The maximum absolute atomic E-state index is 11.5. The number of nitrogens with one attached hydrogen (secondary N) is 1. The Kier molecular flexibility index (Phi) is 6.54. The molecule has 30 heavy (non-hydrogen) atoms. The Morgan fingerprint density at radius 3 is 2.57 bits per heavy atom. The second-order valence-corrected chi connectivity index (χ2v) is 8.85. The summed E-state index contributed by atoms with van der Waals surface area (Å²) >= 11 is 12.6. The van der Waals surface area contributed by atoms with Gasteiger partial charge in [-0.05, 0) is 61.6 Å². The number of carbonyl (C=O) groups excluding carboxylic acids is 1. The number of hydrogen-bond acceptors (Lipinski definition) is 4. The van der Waals surface area contributed by atoms with Gasteiger partial charge in [0, 0.05) is 47.4 Å². The van der Waals surface area contributed by atoms with Crippen molar-refractivity contribution in [2.24, 2.45) is 0 Å². The first-order valence-electron chi connectivity index (χ1n) is 10.4. The molecule has 0 unspecified atom stereocenters. The molecular formula is C23H26Cl2N2O3. The third-order valence-electron chi connectivity index (χ3n) is 5.97. The Hall–Kier alpha value is -1.79. The predicted molar refractivity (Wildman–Crippen MR) is 120 cm³/mol. The van der Waals surface area contributed by atoms with Crippen LogP contribution in [0.25, 0.3) is 0 Å². The standard InChI is InChI=1S/C23H26Cl2N2O3/c24-18-3-1-4-19(25)22(18)23(29)9-12-27(13-10-23)11-2-14-30-17-6-7-20-16(15-17)5-8-21(28)26-20/h1,3-4,6-7,15,29H,2,5,8-14H2,(H,26,28). The molecule has 2 heterocycles. The second-order valence-electron chi connectivity index (χ2n) is 8.04. The van der Waals surface area contributed by atoms with Crippen LogP contribution < -0.4 is 10.1 Å². The van der Waals surface area contributed by atoms with Crippen LogP contribution in [0, 0.1) is 0 Å². The van der Waals surface area contributed by atoms with Gasteiger partial charge in [-0.15, -0.1) is 0 Å². The van der Waals surface area contributed by atoms with Crippen LogP contribution in [0.3, 0.4) is 0 Å². The van der Waals surface area contributed by atoms with Gasteiger partial charge in [0.1, 0.15) is 5.75 Å². The molecule has 0 bridgehead atoms. The van der Waals surface area contributed by atoms with Crippen molar-refractivity contribution in [2.75, 3.05) is 31.6 Å². The van der Waals surface area contributed by atoms with Crippen molar-refractivity contribution in [1.29, 1.82) is 0 Å². The van der Waals surface area contributed by atoms with Crippen LogP contribution in [0.15, 0.2) is 36.4 Å². The normalized spacial score (nSPS) is 18.6. The van der Waals surface area contributed by atoms with Gasteiger partial charge < -0.3 is 20.1 Å². The summed E-state index contributed by atoms with van der Waals surface area (Å²) in [7, 11) is 0. The van der Waals surface area contributed by atoms with Crippen LogP contribution in [0.5, 0.6) is 5.75 Å². The fourth-order valence-corrected chi connectivity index (χ4v) is 5.02. The van der Waals surface area contributed by atoms with E-state index < -0.39 is 5.60 Å². The van der Waals surface area contributed by atoms with Crippen LogP contribution in [0.4, 0.5) is 5.69 Å². The SMILES string of the molecule is O=C1CCc2cc(OCCCN3CCC(O)(c4c(Cl)cccc4Cl)CC3)ccc2N1. The number of hydrogen-bond donors (Lipinski definition) is 2. The van der Waals surface area contributed by atoms with Gasteiger partial charge in [-0.25, -0.2) is 0 Å². The van der Waals surface area contributed by atoms with Gasteiger partial charge in [0.25, 0.3) is 0 Å². The van der Waals surface area contributed by atoms with Gasteiger partial charge in [-0.3, -0.25) is 4.79 Å². The number of nitrogens with zero attached hydrogens (tertiary/aromatic N) is 1. The Labute approximate surface area is 186 Å². The largest absolute Gasteiger partial charge is 0.494 e. The lowest BCUT2D eigenvalue weighted by Gasteiger charge is -2.39. The summed E-state index contributed by atoms with van der Waals surface area (Å²) in [6.07, 6.45) is 3.39. The number of anilines is 1. The summed E-state index contributed by atoms with van der Waals surface area (Å²) in [5.74, 6) is 0.910. The number of rotatable bonds is 6. The van der Waals surface area contributed by atoms with Crippen LogP contribution in [-0.4, -0.2) is 42.2 Å². The van der Waals surface area contributed by atoms with E-state index in [4.69, 9.17) is 27.9 Å². The number of aliphatic hydroxyl groups is 1. The molecule has 0 spiro atoms. The van der Waals surface area contributed by atoms with Crippen LogP contribution >= 0.6 is 23.2 Å². The molecule has 0 radical (unpaired) electrons. The zero-order valence-electron chi connectivity index (χ0n) is 16.8. The quantitative estimate of drug-likeness (QED) is 0.632. The van der Waals surface area contributed by atoms with Crippen LogP contribution in [0.2, 0.25) is 10.0 Å². The molecule has 0 saturated carbocycles. The maximum atomic E-state index is 11.5. The van der Waals surface area contributed by atoms with E-state index >= 15 is 0 Å². The van der Waals surface area contributed by atoms with Crippen molar-refractivity contribution in [1.82, 2.24) is 4.90 Å². The third-order valence-corrected chi connectivity index (χ3v) is 6.60. The molecule has 2 aliphatic heterocycles. The van der Waals surface area contributed by atoms with Crippen molar-refractivity contribution >= 4 is 34.8 Å². The van der Waals surface area contributed by atoms with Crippen LogP contribution in [0.1, 0.15) is 36.8 Å². The minimum absolute atomic E-state index is 0.0707. The van der Waals surface area contributed by atoms with E-state index in [1.165, 1.54) is 0 Å². The number of carbonyl (C=O) groups is 1. The van der Waals surface area contributed by atoms with E-state index in [0.29, 0.717) is 41.5 Å². The molecule has 0 aliphatic carbocycles. The maximum Gasteiger partial charge on any atom is 0.224 e.